The number of benzene rings is 4. The zero-order valence-corrected chi connectivity index (χ0v) is 24.3. The van der Waals surface area contributed by atoms with E-state index in [0.717, 1.165) is 24.8 Å². The first kappa shape index (κ1) is 28.2. The van der Waals surface area contributed by atoms with Crippen LogP contribution in [0.2, 0.25) is 0 Å². The highest BCUT2D eigenvalue weighted by Gasteiger charge is 2.25. The largest absolute Gasteiger partial charge is 0.325 e. The summed E-state index contributed by atoms with van der Waals surface area (Å²) in [5.41, 5.74) is 6.67. The molecule has 1 unspecified atom stereocenters. The third-order valence-electron chi connectivity index (χ3n) is 8.31. The number of rotatable bonds is 9. The Morgan fingerprint density at radius 3 is 2.30 bits per heavy atom. The zero-order valence-electron chi connectivity index (χ0n) is 24.3. The van der Waals surface area contributed by atoms with Crippen LogP contribution in [-0.2, 0) is 37.0 Å². The molecule has 0 aliphatic heterocycles. The van der Waals surface area contributed by atoms with Crippen molar-refractivity contribution in [3.63, 3.8) is 0 Å². The van der Waals surface area contributed by atoms with Crippen LogP contribution < -0.4 is 16.2 Å². The lowest BCUT2D eigenvalue weighted by Crippen LogP contribution is -2.31. The molecule has 0 saturated heterocycles. The summed E-state index contributed by atoms with van der Waals surface area (Å²) >= 11 is 0. The Labute approximate surface area is 251 Å². The minimum atomic E-state index is -0.473. The summed E-state index contributed by atoms with van der Waals surface area (Å²) in [5.74, 6) is -0.374. The maximum atomic E-state index is 14.0. The normalized spacial score (nSPS) is 13.9. The summed E-state index contributed by atoms with van der Waals surface area (Å²) in [4.78, 5) is 40.5. The third kappa shape index (κ3) is 6.28. The number of hydrogen-bond acceptors (Lipinski definition) is 3. The molecule has 43 heavy (non-hydrogen) atoms. The van der Waals surface area contributed by atoms with Crippen molar-refractivity contribution in [1.29, 1.82) is 0 Å². The number of fused-ring (bicyclic) bond motifs is 2. The molecule has 6 rings (SSSR count). The molecule has 5 aromatic rings. The quantitative estimate of drug-likeness (QED) is 0.205. The van der Waals surface area contributed by atoms with Crippen molar-refractivity contribution in [2.45, 2.75) is 45.6 Å². The maximum Gasteiger partial charge on any atom is 0.263 e. The Hall–Kier alpha value is -4.97. The lowest BCUT2D eigenvalue weighted by Gasteiger charge is -2.18. The highest BCUT2D eigenvalue weighted by atomic mass is 16.2. The number of nitrogens with one attached hydrogen (secondary N) is 2. The predicted octanol–water partition coefficient (Wildman–Crippen LogP) is 6.80. The number of hydrogen-bond donors (Lipinski definition) is 2. The van der Waals surface area contributed by atoms with Crippen LogP contribution >= 0.6 is 0 Å². The number of anilines is 2. The van der Waals surface area contributed by atoms with Crippen LogP contribution in [0.5, 0.6) is 0 Å². The van der Waals surface area contributed by atoms with Gasteiger partial charge in [-0.05, 0) is 84.2 Å². The summed E-state index contributed by atoms with van der Waals surface area (Å²) in [6.45, 7) is 2.63. The van der Waals surface area contributed by atoms with E-state index in [1.54, 1.807) is 22.8 Å². The Bertz CT molecular complexity index is 1840. The van der Waals surface area contributed by atoms with Crippen LogP contribution in [0.1, 0.15) is 46.0 Å². The molecule has 2 amide bonds. The third-order valence-corrected chi connectivity index (χ3v) is 8.31. The first-order valence-corrected chi connectivity index (χ1v) is 15.0. The minimum absolute atomic E-state index is 0.0473. The average molecular weight is 570 g/mol. The fourth-order valence-corrected chi connectivity index (χ4v) is 6.06. The maximum absolute atomic E-state index is 14.0. The van der Waals surface area contributed by atoms with Gasteiger partial charge < -0.3 is 15.2 Å². The van der Waals surface area contributed by atoms with E-state index in [1.165, 1.54) is 16.7 Å². The molecule has 2 N–H and O–H groups in total. The number of carbonyl (C=O) groups excluding carboxylic acids is 2. The fraction of sp³-hybridized carbons (Fsp3) is 0.216. The lowest BCUT2D eigenvalue weighted by atomic mass is 10.0. The van der Waals surface area contributed by atoms with E-state index in [1.807, 2.05) is 66.7 Å². The van der Waals surface area contributed by atoms with Gasteiger partial charge in [0.1, 0.15) is 5.56 Å². The molecule has 1 heterocycles. The molecule has 0 saturated carbocycles. The monoisotopic (exact) mass is 569 g/mol. The standard InChI is InChI=1S/C37H35N3O3/c1-2-25-16-18-28-21-27(22-29(28)20-25)24-40-34-15-9-14-33(39-35(41)19-17-26-10-5-3-6-11-26)31(34)23-32(37(40)43)36(42)38-30-12-7-4-8-13-30/h3-16,18,20,23,27H,2,17,19,21-22,24H2,1H3,(H,38,42)(H,39,41). The second-order valence-electron chi connectivity index (χ2n) is 11.3. The molecule has 1 aliphatic carbocycles. The van der Waals surface area contributed by atoms with Crippen LogP contribution in [-0.4, -0.2) is 16.4 Å². The molecule has 6 heteroatoms. The van der Waals surface area contributed by atoms with Gasteiger partial charge in [-0.3, -0.25) is 14.4 Å². The Morgan fingerprint density at radius 1 is 0.791 bits per heavy atom. The molecule has 1 aliphatic rings. The summed E-state index contributed by atoms with van der Waals surface area (Å²) in [6, 6.07) is 32.9. The van der Waals surface area contributed by atoms with Gasteiger partial charge in [0, 0.05) is 24.0 Å². The molecular weight excluding hydrogens is 534 g/mol. The van der Waals surface area contributed by atoms with Crippen molar-refractivity contribution in [2.75, 3.05) is 10.6 Å². The second kappa shape index (κ2) is 12.5. The van der Waals surface area contributed by atoms with Gasteiger partial charge in [0.15, 0.2) is 0 Å². The average Bonchev–Trinajstić information content (AvgIpc) is 3.44. The van der Waals surface area contributed by atoms with Crippen molar-refractivity contribution >= 4 is 34.1 Å². The number of aryl methyl sites for hydroxylation is 2. The molecular formula is C37H35N3O3. The van der Waals surface area contributed by atoms with Crippen LogP contribution in [0.3, 0.4) is 0 Å². The smallest absolute Gasteiger partial charge is 0.263 e. The van der Waals surface area contributed by atoms with Gasteiger partial charge in [0.25, 0.3) is 11.5 Å². The highest BCUT2D eigenvalue weighted by molar-refractivity contribution is 6.08. The van der Waals surface area contributed by atoms with Crippen LogP contribution in [0.15, 0.2) is 108 Å². The topological polar surface area (TPSA) is 80.2 Å². The van der Waals surface area contributed by atoms with E-state index < -0.39 is 5.91 Å². The number of nitrogens with zero attached hydrogens (tertiary/aromatic N) is 1. The second-order valence-corrected chi connectivity index (χ2v) is 11.3. The Morgan fingerprint density at radius 2 is 1.53 bits per heavy atom. The van der Waals surface area contributed by atoms with Crippen molar-refractivity contribution < 1.29 is 9.59 Å². The van der Waals surface area contributed by atoms with E-state index in [-0.39, 0.29) is 22.9 Å². The highest BCUT2D eigenvalue weighted by Crippen LogP contribution is 2.31. The minimum Gasteiger partial charge on any atom is -0.325 e. The van der Waals surface area contributed by atoms with Crippen molar-refractivity contribution in [2.24, 2.45) is 5.92 Å². The van der Waals surface area contributed by atoms with E-state index in [0.29, 0.717) is 41.7 Å². The SMILES string of the molecule is CCc1ccc2c(c1)CC(Cn1c(=O)c(C(=O)Nc3ccccc3)cc3c(NC(=O)CCc4ccccc4)cccc31)C2. The molecule has 0 spiro atoms. The van der Waals surface area contributed by atoms with E-state index in [4.69, 9.17) is 0 Å². The van der Waals surface area contributed by atoms with Gasteiger partial charge in [0.05, 0.1) is 11.2 Å². The first-order chi connectivity index (χ1) is 21.0. The molecule has 216 valence electrons. The first-order valence-electron chi connectivity index (χ1n) is 15.0. The number of aromatic nitrogens is 1. The van der Waals surface area contributed by atoms with Gasteiger partial charge in [-0.2, -0.15) is 0 Å². The van der Waals surface area contributed by atoms with Crippen molar-refractivity contribution in [1.82, 2.24) is 4.57 Å². The zero-order chi connectivity index (χ0) is 29.8. The van der Waals surface area contributed by atoms with Gasteiger partial charge in [-0.15, -0.1) is 0 Å². The molecule has 0 radical (unpaired) electrons. The number of para-hydroxylation sites is 1. The van der Waals surface area contributed by atoms with E-state index >= 15 is 0 Å². The van der Waals surface area contributed by atoms with E-state index in [2.05, 4.69) is 35.8 Å². The predicted molar refractivity (Wildman–Crippen MR) is 173 cm³/mol. The van der Waals surface area contributed by atoms with Gasteiger partial charge in [-0.25, -0.2) is 0 Å². The molecule has 6 nitrogen and oxygen atoms in total. The molecule has 0 bridgehead atoms. The molecule has 1 aromatic heterocycles. The van der Waals surface area contributed by atoms with Crippen LogP contribution in [0.4, 0.5) is 11.4 Å². The Kier molecular flexibility index (Phi) is 8.18. The molecule has 0 fully saturated rings. The van der Waals surface area contributed by atoms with Crippen LogP contribution in [0, 0.1) is 5.92 Å². The van der Waals surface area contributed by atoms with Crippen molar-refractivity contribution in [3.8, 4) is 0 Å². The summed E-state index contributed by atoms with van der Waals surface area (Å²) in [6.07, 6.45) is 3.69. The van der Waals surface area contributed by atoms with Crippen LogP contribution in [0.25, 0.3) is 10.9 Å². The van der Waals surface area contributed by atoms with Crippen molar-refractivity contribution in [3.05, 3.63) is 141 Å². The Balaban J connectivity index is 1.34. The van der Waals surface area contributed by atoms with Gasteiger partial charge in [-0.1, -0.05) is 79.7 Å². The molecule has 4 aromatic carbocycles. The van der Waals surface area contributed by atoms with Gasteiger partial charge in [0.2, 0.25) is 5.91 Å². The number of pyridine rings is 1. The number of carbonyl (C=O) groups is 2. The number of amides is 2. The summed E-state index contributed by atoms with van der Waals surface area (Å²) in [7, 11) is 0. The summed E-state index contributed by atoms with van der Waals surface area (Å²) < 4.78 is 1.73. The molecule has 1 atom stereocenters. The summed E-state index contributed by atoms with van der Waals surface area (Å²) in [5, 5.41) is 6.59. The van der Waals surface area contributed by atoms with E-state index in [9.17, 15) is 14.4 Å². The van der Waals surface area contributed by atoms with Gasteiger partial charge >= 0.3 is 0 Å². The fourth-order valence-electron chi connectivity index (χ4n) is 6.06. The lowest BCUT2D eigenvalue weighted by molar-refractivity contribution is -0.116.